The van der Waals surface area contributed by atoms with Crippen molar-refractivity contribution < 1.29 is 9.50 Å². The van der Waals surface area contributed by atoms with Crippen LogP contribution in [0.25, 0.3) is 22.6 Å². The van der Waals surface area contributed by atoms with Gasteiger partial charge in [0.15, 0.2) is 11.5 Å². The molecule has 0 atom stereocenters. The van der Waals surface area contributed by atoms with Crippen molar-refractivity contribution in [2.45, 2.75) is 26.0 Å². The van der Waals surface area contributed by atoms with Crippen LogP contribution < -0.4 is 0 Å². The summed E-state index contributed by atoms with van der Waals surface area (Å²) >= 11 is 0. The number of aliphatic hydroxyl groups is 1. The lowest BCUT2D eigenvalue weighted by molar-refractivity contribution is 0.0692. The van der Waals surface area contributed by atoms with Gasteiger partial charge >= 0.3 is 0 Å². The van der Waals surface area contributed by atoms with E-state index in [2.05, 4.69) is 25.3 Å². The van der Waals surface area contributed by atoms with Crippen LogP contribution in [0.15, 0.2) is 42.6 Å². The van der Waals surface area contributed by atoms with Crippen LogP contribution in [0, 0.1) is 5.82 Å². The van der Waals surface area contributed by atoms with Crippen LogP contribution >= 0.6 is 0 Å². The minimum Gasteiger partial charge on any atom is -0.382 e. The van der Waals surface area contributed by atoms with Crippen LogP contribution in [0.5, 0.6) is 0 Å². The molecular formula is C18H17FN6O. The Bertz CT molecular complexity index is 1080. The van der Waals surface area contributed by atoms with Crippen LogP contribution in [0.2, 0.25) is 0 Å². The zero-order valence-corrected chi connectivity index (χ0v) is 14.3. The fourth-order valence-corrected chi connectivity index (χ4v) is 2.71. The number of H-pyrrole nitrogens is 1. The molecule has 0 aliphatic carbocycles. The van der Waals surface area contributed by atoms with E-state index in [1.54, 1.807) is 49.0 Å². The number of nitrogens with one attached hydrogen (secondary N) is 1. The van der Waals surface area contributed by atoms with Crippen LogP contribution in [0.1, 0.15) is 25.2 Å². The van der Waals surface area contributed by atoms with Gasteiger partial charge in [-0.15, -0.1) is 0 Å². The molecule has 3 heterocycles. The monoisotopic (exact) mass is 352 g/mol. The van der Waals surface area contributed by atoms with Gasteiger partial charge in [-0.1, -0.05) is 18.2 Å². The largest absolute Gasteiger partial charge is 0.382 e. The average Bonchev–Trinajstić information content (AvgIpc) is 3.22. The van der Waals surface area contributed by atoms with E-state index >= 15 is 0 Å². The Morgan fingerprint density at radius 3 is 2.73 bits per heavy atom. The van der Waals surface area contributed by atoms with E-state index in [1.807, 2.05) is 6.07 Å². The first-order valence-electron chi connectivity index (χ1n) is 8.14. The lowest BCUT2D eigenvalue weighted by atomic mass is 10.1. The fraction of sp³-hybridized carbons (Fsp3) is 0.222. The molecule has 1 aromatic carbocycles. The molecule has 0 amide bonds. The molecule has 7 nitrogen and oxygen atoms in total. The molecule has 0 radical (unpaired) electrons. The molecule has 0 aliphatic rings. The summed E-state index contributed by atoms with van der Waals surface area (Å²) in [6, 6.07) is 10.2. The highest BCUT2D eigenvalue weighted by Crippen LogP contribution is 2.26. The molecule has 3 aromatic heterocycles. The van der Waals surface area contributed by atoms with Crippen molar-refractivity contribution in [1.29, 1.82) is 0 Å². The van der Waals surface area contributed by atoms with Gasteiger partial charge in [0.1, 0.15) is 17.1 Å². The minimum absolute atomic E-state index is 0.239. The molecule has 8 heteroatoms. The zero-order chi connectivity index (χ0) is 18.3. The summed E-state index contributed by atoms with van der Waals surface area (Å²) in [5, 5.41) is 22.3. The van der Waals surface area contributed by atoms with E-state index in [1.165, 1.54) is 6.07 Å². The molecule has 2 N–H and O–H groups in total. The Morgan fingerprint density at radius 1 is 1.19 bits per heavy atom. The van der Waals surface area contributed by atoms with Gasteiger partial charge in [0.25, 0.3) is 0 Å². The maximum absolute atomic E-state index is 14.0. The van der Waals surface area contributed by atoms with Gasteiger partial charge < -0.3 is 5.11 Å². The quantitative estimate of drug-likeness (QED) is 0.589. The number of benzene rings is 1. The first-order valence-corrected chi connectivity index (χ1v) is 8.14. The van der Waals surface area contributed by atoms with Gasteiger partial charge in [0.2, 0.25) is 5.82 Å². The molecule has 0 fully saturated rings. The lowest BCUT2D eigenvalue weighted by Gasteiger charge is -2.11. The highest BCUT2D eigenvalue weighted by Gasteiger charge is 2.24. The minimum atomic E-state index is -1.14. The first kappa shape index (κ1) is 16.3. The molecular weight excluding hydrogens is 335 g/mol. The number of aromatic nitrogens is 6. The number of hydrogen-bond acceptors (Lipinski definition) is 5. The van der Waals surface area contributed by atoms with E-state index in [4.69, 9.17) is 0 Å². The van der Waals surface area contributed by atoms with E-state index < -0.39 is 5.60 Å². The number of halogens is 1. The van der Waals surface area contributed by atoms with Crippen molar-refractivity contribution >= 4 is 11.0 Å². The number of aromatic amines is 1. The van der Waals surface area contributed by atoms with E-state index in [-0.39, 0.29) is 12.4 Å². The Hall–Kier alpha value is -3.13. The summed E-state index contributed by atoms with van der Waals surface area (Å²) in [6.45, 7) is 3.48. The second kappa shape index (κ2) is 5.99. The van der Waals surface area contributed by atoms with Crippen molar-refractivity contribution in [3.05, 3.63) is 59.8 Å². The third-order valence-electron chi connectivity index (χ3n) is 4.06. The second-order valence-electron chi connectivity index (χ2n) is 6.54. The van der Waals surface area contributed by atoms with Gasteiger partial charge in [0, 0.05) is 11.8 Å². The van der Waals surface area contributed by atoms with Gasteiger partial charge in [-0.25, -0.2) is 19.0 Å². The van der Waals surface area contributed by atoms with Crippen molar-refractivity contribution in [3.63, 3.8) is 0 Å². The Kier molecular flexibility index (Phi) is 3.77. The van der Waals surface area contributed by atoms with Gasteiger partial charge in [0.05, 0.1) is 11.9 Å². The molecule has 132 valence electrons. The molecule has 0 bridgehead atoms. The summed E-state index contributed by atoms with van der Waals surface area (Å²) in [5.41, 5.74) is 0.507. The molecule has 0 saturated heterocycles. The number of rotatable bonds is 4. The van der Waals surface area contributed by atoms with Crippen LogP contribution in [0.3, 0.4) is 0 Å². The maximum atomic E-state index is 14.0. The van der Waals surface area contributed by atoms with Gasteiger partial charge in [-0.3, -0.25) is 5.10 Å². The third kappa shape index (κ3) is 2.84. The molecule has 0 spiro atoms. The smallest absolute Gasteiger partial charge is 0.202 e. The summed E-state index contributed by atoms with van der Waals surface area (Å²) in [6.07, 6.45) is 1.66. The fourth-order valence-electron chi connectivity index (χ4n) is 2.71. The van der Waals surface area contributed by atoms with Crippen LogP contribution in [0.4, 0.5) is 4.39 Å². The Morgan fingerprint density at radius 2 is 2.00 bits per heavy atom. The van der Waals surface area contributed by atoms with Crippen LogP contribution in [-0.4, -0.2) is 35.1 Å². The van der Waals surface area contributed by atoms with Gasteiger partial charge in [-0.2, -0.15) is 10.2 Å². The third-order valence-corrected chi connectivity index (χ3v) is 4.06. The molecule has 4 rings (SSSR count). The number of nitrogens with zero attached hydrogens (tertiary/aromatic N) is 5. The van der Waals surface area contributed by atoms with Crippen molar-refractivity contribution in [2.24, 2.45) is 0 Å². The normalized spacial score (nSPS) is 12.0. The van der Waals surface area contributed by atoms with Crippen molar-refractivity contribution in [2.75, 3.05) is 0 Å². The van der Waals surface area contributed by atoms with E-state index in [0.717, 1.165) is 5.39 Å². The summed E-state index contributed by atoms with van der Waals surface area (Å²) in [5.74, 6) is 0.399. The summed E-state index contributed by atoms with van der Waals surface area (Å²) < 4.78 is 15.6. The highest BCUT2D eigenvalue weighted by atomic mass is 19.1. The number of fused-ring (bicyclic) bond motifs is 1. The van der Waals surface area contributed by atoms with Crippen molar-refractivity contribution in [1.82, 2.24) is 29.9 Å². The molecule has 0 aliphatic heterocycles. The summed E-state index contributed by atoms with van der Waals surface area (Å²) in [7, 11) is 0. The number of hydrogen-bond donors (Lipinski definition) is 2. The Labute approximate surface area is 148 Å². The Balaban J connectivity index is 1.82. The van der Waals surface area contributed by atoms with E-state index in [9.17, 15) is 9.50 Å². The maximum Gasteiger partial charge on any atom is 0.202 e. The van der Waals surface area contributed by atoms with E-state index in [0.29, 0.717) is 28.6 Å². The van der Waals surface area contributed by atoms with Crippen molar-refractivity contribution in [3.8, 4) is 11.5 Å². The predicted octanol–water partition coefficient (Wildman–Crippen LogP) is 2.63. The van der Waals surface area contributed by atoms with Crippen LogP contribution in [-0.2, 0) is 12.1 Å². The first-order chi connectivity index (χ1) is 12.4. The predicted molar refractivity (Wildman–Crippen MR) is 93.7 cm³/mol. The zero-order valence-electron chi connectivity index (χ0n) is 14.3. The lowest BCUT2D eigenvalue weighted by Crippen LogP contribution is -2.17. The second-order valence-corrected chi connectivity index (χ2v) is 6.54. The molecule has 0 saturated carbocycles. The summed E-state index contributed by atoms with van der Waals surface area (Å²) in [4.78, 5) is 8.72. The SMILES string of the molecule is CC(C)(O)c1nc(-c2nn(Cc3ccccc3F)c3ncccc23)n[nH]1. The molecule has 4 aromatic rings. The topological polar surface area (TPSA) is 92.5 Å². The average molecular weight is 352 g/mol. The highest BCUT2D eigenvalue weighted by molar-refractivity contribution is 5.89. The standard InChI is InChI=1S/C18H17FN6O/c1-18(2,26)17-21-15(22-23-17)14-12-7-5-9-20-16(12)25(24-14)10-11-6-3-4-8-13(11)19/h3-9,26H,10H2,1-2H3,(H,21,22,23). The molecule has 0 unspecified atom stereocenters. The molecule has 26 heavy (non-hydrogen) atoms. The van der Waals surface area contributed by atoms with Gasteiger partial charge in [-0.05, 0) is 32.0 Å². The number of pyridine rings is 1.